The molecule has 0 aliphatic carbocycles. The lowest BCUT2D eigenvalue weighted by molar-refractivity contribution is -0.126. The Bertz CT molecular complexity index is 453. The lowest BCUT2D eigenvalue weighted by Gasteiger charge is -2.21. The normalized spacial score (nSPS) is 24.2. The van der Waals surface area contributed by atoms with Crippen LogP contribution in [0.2, 0.25) is 5.02 Å². The molecule has 2 rings (SSSR count). The van der Waals surface area contributed by atoms with Crippen molar-refractivity contribution in [1.82, 2.24) is 10.6 Å². The number of ether oxygens (including phenoxy) is 1. The van der Waals surface area contributed by atoms with Gasteiger partial charge in [0.15, 0.2) is 0 Å². The zero-order valence-electron chi connectivity index (χ0n) is 11.2. The molecule has 0 bridgehead atoms. The molecule has 104 valence electrons. The van der Waals surface area contributed by atoms with Gasteiger partial charge in [0.1, 0.15) is 0 Å². The van der Waals surface area contributed by atoms with Crippen molar-refractivity contribution in [1.29, 1.82) is 0 Å². The highest BCUT2D eigenvalue weighted by atomic mass is 35.5. The number of benzene rings is 1. The summed E-state index contributed by atoms with van der Waals surface area (Å²) >= 11 is 6.13. The summed E-state index contributed by atoms with van der Waals surface area (Å²) in [5, 5.41) is 6.78. The van der Waals surface area contributed by atoms with Crippen LogP contribution in [0.5, 0.6) is 0 Å². The maximum absolute atomic E-state index is 12.2. The van der Waals surface area contributed by atoms with Crippen molar-refractivity contribution in [2.75, 3.05) is 20.3 Å². The molecule has 1 aliphatic rings. The van der Waals surface area contributed by atoms with E-state index in [-0.39, 0.29) is 23.9 Å². The highest BCUT2D eigenvalue weighted by Crippen LogP contribution is 2.23. The Balaban J connectivity index is 2.01. The van der Waals surface area contributed by atoms with Crippen LogP contribution >= 0.6 is 11.6 Å². The first-order valence-corrected chi connectivity index (χ1v) is 6.81. The van der Waals surface area contributed by atoms with Crippen LogP contribution in [-0.4, -0.2) is 32.2 Å². The third-order valence-electron chi connectivity index (χ3n) is 3.52. The van der Waals surface area contributed by atoms with E-state index in [0.717, 1.165) is 5.56 Å². The van der Waals surface area contributed by atoms with Crippen LogP contribution in [0.15, 0.2) is 24.3 Å². The fourth-order valence-corrected chi connectivity index (χ4v) is 2.62. The van der Waals surface area contributed by atoms with Crippen molar-refractivity contribution in [3.63, 3.8) is 0 Å². The average Bonchev–Trinajstić information content (AvgIpc) is 2.87. The summed E-state index contributed by atoms with van der Waals surface area (Å²) in [6.45, 7) is 2.98. The lowest BCUT2D eigenvalue weighted by atomic mass is 10.0. The highest BCUT2D eigenvalue weighted by molar-refractivity contribution is 6.31. The number of nitrogens with one attached hydrogen (secondary N) is 2. The van der Waals surface area contributed by atoms with Gasteiger partial charge in [0, 0.05) is 11.1 Å². The minimum Gasteiger partial charge on any atom is -0.379 e. The summed E-state index contributed by atoms with van der Waals surface area (Å²) in [5.74, 6) is -0.140. The Kier molecular flexibility index (Phi) is 4.80. The summed E-state index contributed by atoms with van der Waals surface area (Å²) < 4.78 is 5.34. The molecule has 0 saturated carbocycles. The van der Waals surface area contributed by atoms with Crippen molar-refractivity contribution in [3.8, 4) is 0 Å². The lowest BCUT2D eigenvalue weighted by Crippen LogP contribution is -2.43. The number of amides is 1. The van der Waals surface area contributed by atoms with Crippen molar-refractivity contribution in [2.24, 2.45) is 5.92 Å². The monoisotopic (exact) mass is 282 g/mol. The van der Waals surface area contributed by atoms with Gasteiger partial charge in [-0.05, 0) is 25.6 Å². The third-order valence-corrected chi connectivity index (χ3v) is 3.86. The summed E-state index contributed by atoms with van der Waals surface area (Å²) in [7, 11) is 1.84. The third kappa shape index (κ3) is 3.26. The van der Waals surface area contributed by atoms with E-state index in [1.165, 1.54) is 0 Å². The molecule has 0 spiro atoms. The van der Waals surface area contributed by atoms with E-state index >= 15 is 0 Å². The van der Waals surface area contributed by atoms with Crippen molar-refractivity contribution >= 4 is 17.5 Å². The number of likely N-dealkylation sites (N-methyl/N-ethyl adjacent to an activating group) is 1. The van der Waals surface area contributed by atoms with Crippen molar-refractivity contribution in [2.45, 2.75) is 19.0 Å². The molecule has 1 heterocycles. The fourth-order valence-electron chi connectivity index (χ4n) is 2.32. The summed E-state index contributed by atoms with van der Waals surface area (Å²) in [6, 6.07) is 7.52. The molecule has 19 heavy (non-hydrogen) atoms. The van der Waals surface area contributed by atoms with E-state index < -0.39 is 0 Å². The van der Waals surface area contributed by atoms with Gasteiger partial charge in [0.25, 0.3) is 0 Å². The minimum absolute atomic E-state index is 0.00395. The first kappa shape index (κ1) is 14.3. The van der Waals surface area contributed by atoms with Gasteiger partial charge in [-0.1, -0.05) is 29.8 Å². The molecule has 1 saturated heterocycles. The topological polar surface area (TPSA) is 50.4 Å². The Labute approximate surface area is 118 Å². The van der Waals surface area contributed by atoms with Gasteiger partial charge < -0.3 is 15.4 Å². The fraction of sp³-hybridized carbons (Fsp3) is 0.500. The number of hydrogen-bond acceptors (Lipinski definition) is 3. The van der Waals surface area contributed by atoms with Gasteiger partial charge >= 0.3 is 0 Å². The van der Waals surface area contributed by atoms with Crippen LogP contribution in [-0.2, 0) is 9.53 Å². The van der Waals surface area contributed by atoms with Crippen LogP contribution in [0.4, 0.5) is 0 Å². The van der Waals surface area contributed by atoms with Crippen LogP contribution < -0.4 is 10.6 Å². The predicted octanol–water partition coefficient (Wildman–Crippen LogP) is 1.75. The molecule has 5 heteroatoms. The summed E-state index contributed by atoms with van der Waals surface area (Å²) in [5.41, 5.74) is 0.928. The average molecular weight is 283 g/mol. The zero-order chi connectivity index (χ0) is 13.8. The number of hydrogen-bond donors (Lipinski definition) is 2. The second kappa shape index (κ2) is 6.37. The Morgan fingerprint density at radius 3 is 2.84 bits per heavy atom. The molecule has 2 N–H and O–H groups in total. The van der Waals surface area contributed by atoms with E-state index in [0.29, 0.717) is 18.2 Å². The van der Waals surface area contributed by atoms with Gasteiger partial charge in [0.2, 0.25) is 5.91 Å². The van der Waals surface area contributed by atoms with Crippen LogP contribution in [0.3, 0.4) is 0 Å². The molecule has 2 unspecified atom stereocenters. The molecule has 1 aromatic carbocycles. The van der Waals surface area contributed by atoms with E-state index in [1.54, 1.807) is 0 Å². The van der Waals surface area contributed by atoms with E-state index in [1.807, 2.05) is 38.2 Å². The first-order chi connectivity index (χ1) is 9.13. The number of halogens is 1. The van der Waals surface area contributed by atoms with Gasteiger partial charge in [-0.3, -0.25) is 4.79 Å². The van der Waals surface area contributed by atoms with Crippen LogP contribution in [0.1, 0.15) is 18.5 Å². The second-order valence-electron chi connectivity index (χ2n) is 4.79. The quantitative estimate of drug-likeness (QED) is 0.885. The second-order valence-corrected chi connectivity index (χ2v) is 5.20. The largest absolute Gasteiger partial charge is 0.379 e. The van der Waals surface area contributed by atoms with E-state index in [4.69, 9.17) is 16.3 Å². The molecular weight excluding hydrogens is 264 g/mol. The highest BCUT2D eigenvalue weighted by Gasteiger charge is 2.33. The Morgan fingerprint density at radius 2 is 2.16 bits per heavy atom. The Hall–Kier alpha value is -1.10. The molecule has 1 aromatic rings. The molecule has 0 aromatic heterocycles. The minimum atomic E-state index is -0.144. The smallest absolute Gasteiger partial charge is 0.227 e. The standard InChI is InChI=1S/C14H19ClN2O2/c1-9(10-5-3-4-6-12(10)15)17-14(18)11-7-19-8-13(11)16-2/h3-6,9,11,13,16H,7-8H2,1-2H3,(H,17,18)/t9-,11?,13?/m0/s1. The van der Waals surface area contributed by atoms with Gasteiger partial charge in [0.05, 0.1) is 25.2 Å². The molecule has 1 amide bonds. The Morgan fingerprint density at radius 1 is 1.42 bits per heavy atom. The van der Waals surface area contributed by atoms with E-state index in [9.17, 15) is 4.79 Å². The molecule has 0 radical (unpaired) electrons. The molecule has 1 fully saturated rings. The van der Waals surface area contributed by atoms with Crippen LogP contribution in [0.25, 0.3) is 0 Å². The predicted molar refractivity (Wildman–Crippen MR) is 75.2 cm³/mol. The summed E-state index contributed by atoms with van der Waals surface area (Å²) in [4.78, 5) is 12.2. The van der Waals surface area contributed by atoms with Crippen LogP contribution in [0, 0.1) is 5.92 Å². The van der Waals surface area contributed by atoms with Crippen molar-refractivity contribution < 1.29 is 9.53 Å². The first-order valence-electron chi connectivity index (χ1n) is 6.43. The SMILES string of the molecule is CNC1COCC1C(=O)N[C@@H](C)c1ccccc1Cl. The molecule has 4 nitrogen and oxygen atoms in total. The summed E-state index contributed by atoms with van der Waals surface area (Å²) in [6.07, 6.45) is 0. The number of rotatable bonds is 4. The van der Waals surface area contributed by atoms with Gasteiger partial charge in [-0.15, -0.1) is 0 Å². The maximum atomic E-state index is 12.2. The zero-order valence-corrected chi connectivity index (χ0v) is 11.9. The number of carbonyl (C=O) groups excluding carboxylic acids is 1. The van der Waals surface area contributed by atoms with Gasteiger partial charge in [-0.2, -0.15) is 0 Å². The van der Waals surface area contributed by atoms with E-state index in [2.05, 4.69) is 10.6 Å². The van der Waals surface area contributed by atoms with Crippen molar-refractivity contribution in [3.05, 3.63) is 34.9 Å². The molecular formula is C14H19ClN2O2. The van der Waals surface area contributed by atoms with Gasteiger partial charge in [-0.25, -0.2) is 0 Å². The number of carbonyl (C=O) groups is 1. The molecule has 1 aliphatic heterocycles. The molecule has 3 atom stereocenters. The maximum Gasteiger partial charge on any atom is 0.227 e.